The molecule has 0 unspecified atom stereocenters. The maximum atomic E-state index is 12.4. The van der Waals surface area contributed by atoms with Gasteiger partial charge < -0.3 is 14.8 Å². The van der Waals surface area contributed by atoms with Crippen molar-refractivity contribution in [1.29, 1.82) is 0 Å². The van der Waals surface area contributed by atoms with Gasteiger partial charge in [-0.2, -0.15) is 0 Å². The number of fused-ring (bicyclic) bond motifs is 4. The monoisotopic (exact) mass is 352 g/mol. The van der Waals surface area contributed by atoms with Gasteiger partial charge in [0.15, 0.2) is 11.5 Å². The summed E-state index contributed by atoms with van der Waals surface area (Å²) in [6.45, 7) is 0. The average molecular weight is 352 g/mol. The molecule has 2 aromatic rings. The van der Waals surface area contributed by atoms with Crippen LogP contribution in [0.2, 0.25) is 0 Å². The van der Waals surface area contributed by atoms with Crippen molar-refractivity contribution < 1.29 is 19.2 Å². The minimum atomic E-state index is -0.419. The van der Waals surface area contributed by atoms with Crippen LogP contribution < -0.4 is 14.8 Å². The van der Waals surface area contributed by atoms with Gasteiger partial charge >= 0.3 is 0 Å². The molecule has 26 heavy (non-hydrogen) atoms. The van der Waals surface area contributed by atoms with E-state index in [1.165, 1.54) is 13.2 Å². The van der Waals surface area contributed by atoms with Crippen LogP contribution in [0.4, 0.5) is 11.4 Å². The first kappa shape index (κ1) is 16.1. The van der Waals surface area contributed by atoms with Crippen LogP contribution in [-0.4, -0.2) is 25.1 Å². The quantitative estimate of drug-likeness (QED) is 0.675. The number of nitrogens with zero attached hydrogens (tertiary/aromatic N) is 1. The number of nitrogens with one attached hydrogen (secondary N) is 1. The molecule has 1 N–H and O–H groups in total. The number of carbonyl (C=O) groups excluding carboxylic acids is 1. The zero-order chi connectivity index (χ0) is 18.4. The second kappa shape index (κ2) is 5.87. The fourth-order valence-corrected chi connectivity index (χ4v) is 3.62. The van der Waals surface area contributed by atoms with Gasteiger partial charge in [0.2, 0.25) is 5.91 Å². The number of amides is 1. The second-order valence-corrected chi connectivity index (χ2v) is 6.21. The maximum Gasteiger partial charge on any atom is 0.270 e. The molecule has 132 valence electrons. The van der Waals surface area contributed by atoms with Crippen LogP contribution in [0.3, 0.4) is 0 Å². The van der Waals surface area contributed by atoms with E-state index in [2.05, 4.69) is 5.32 Å². The van der Waals surface area contributed by atoms with Crippen molar-refractivity contribution in [3.63, 3.8) is 0 Å². The zero-order valence-corrected chi connectivity index (χ0v) is 14.3. The maximum absolute atomic E-state index is 12.4. The SMILES string of the molecule is COc1cc2c(cc1OC)C1=C(CC(=O)N2)c2cc([N+](=O)[O-])ccc2C1. The molecule has 0 aromatic heterocycles. The van der Waals surface area contributed by atoms with Gasteiger partial charge in [0.25, 0.3) is 5.69 Å². The van der Waals surface area contributed by atoms with Gasteiger partial charge in [-0.1, -0.05) is 6.07 Å². The number of hydrogen-bond acceptors (Lipinski definition) is 5. The highest BCUT2D eigenvalue weighted by atomic mass is 16.6. The van der Waals surface area contributed by atoms with Gasteiger partial charge in [-0.05, 0) is 34.8 Å². The molecule has 1 amide bonds. The molecule has 1 heterocycles. The van der Waals surface area contributed by atoms with Crippen molar-refractivity contribution >= 4 is 28.4 Å². The van der Waals surface area contributed by atoms with Gasteiger partial charge in [-0.25, -0.2) is 0 Å². The van der Waals surface area contributed by atoms with Crippen molar-refractivity contribution in [2.75, 3.05) is 19.5 Å². The fourth-order valence-electron chi connectivity index (χ4n) is 3.62. The van der Waals surface area contributed by atoms with Crippen LogP contribution in [0, 0.1) is 10.1 Å². The van der Waals surface area contributed by atoms with Crippen molar-refractivity contribution in [3.8, 4) is 11.5 Å². The summed E-state index contributed by atoms with van der Waals surface area (Å²) in [6, 6.07) is 8.40. The lowest BCUT2D eigenvalue weighted by Gasteiger charge is -2.15. The molecule has 0 fully saturated rings. The minimum Gasteiger partial charge on any atom is -0.493 e. The summed E-state index contributed by atoms with van der Waals surface area (Å²) < 4.78 is 10.7. The normalized spacial score (nSPS) is 14.8. The lowest BCUT2D eigenvalue weighted by Crippen LogP contribution is -2.11. The summed E-state index contributed by atoms with van der Waals surface area (Å²) in [5, 5.41) is 14.0. The van der Waals surface area contributed by atoms with E-state index in [4.69, 9.17) is 9.47 Å². The Morgan fingerprint density at radius 2 is 1.69 bits per heavy atom. The van der Waals surface area contributed by atoms with Gasteiger partial charge in [-0.15, -0.1) is 0 Å². The Morgan fingerprint density at radius 1 is 1.00 bits per heavy atom. The average Bonchev–Trinajstić information content (AvgIpc) is 2.91. The Hall–Kier alpha value is -3.35. The Morgan fingerprint density at radius 3 is 2.38 bits per heavy atom. The number of nitro benzene ring substituents is 1. The number of anilines is 1. The molecule has 2 aliphatic rings. The lowest BCUT2D eigenvalue weighted by molar-refractivity contribution is -0.384. The second-order valence-electron chi connectivity index (χ2n) is 6.21. The van der Waals surface area contributed by atoms with Crippen LogP contribution in [0.5, 0.6) is 11.5 Å². The van der Waals surface area contributed by atoms with E-state index in [1.54, 1.807) is 25.3 Å². The first-order valence-corrected chi connectivity index (χ1v) is 8.07. The summed E-state index contributed by atoms with van der Waals surface area (Å²) in [4.78, 5) is 23.1. The predicted molar refractivity (Wildman–Crippen MR) is 96.4 cm³/mol. The number of ether oxygens (including phenoxy) is 2. The molecule has 0 saturated heterocycles. The number of benzene rings is 2. The van der Waals surface area contributed by atoms with Gasteiger partial charge in [0.1, 0.15) is 0 Å². The number of methoxy groups -OCH3 is 2. The number of carbonyl (C=O) groups is 1. The topological polar surface area (TPSA) is 90.7 Å². The Kier molecular flexibility index (Phi) is 3.64. The highest BCUT2D eigenvalue weighted by Gasteiger charge is 2.31. The van der Waals surface area contributed by atoms with E-state index in [0.29, 0.717) is 23.6 Å². The highest BCUT2D eigenvalue weighted by Crippen LogP contribution is 2.47. The lowest BCUT2D eigenvalue weighted by atomic mass is 9.98. The molecule has 0 saturated carbocycles. The van der Waals surface area contributed by atoms with Gasteiger partial charge in [0, 0.05) is 23.8 Å². The number of non-ortho nitro benzene ring substituents is 1. The van der Waals surface area contributed by atoms with Gasteiger partial charge in [0.05, 0.1) is 31.3 Å². The van der Waals surface area contributed by atoms with Crippen molar-refractivity contribution in [3.05, 3.63) is 57.1 Å². The first-order valence-electron chi connectivity index (χ1n) is 8.07. The fraction of sp³-hybridized carbons (Fsp3) is 0.211. The van der Waals surface area contributed by atoms with Crippen molar-refractivity contribution in [1.82, 2.24) is 0 Å². The van der Waals surface area contributed by atoms with Crippen LogP contribution in [0.15, 0.2) is 30.3 Å². The molecule has 2 aromatic carbocycles. The Balaban J connectivity index is 1.93. The van der Waals surface area contributed by atoms with Crippen LogP contribution in [0.25, 0.3) is 11.1 Å². The van der Waals surface area contributed by atoms with E-state index >= 15 is 0 Å². The van der Waals surface area contributed by atoms with E-state index in [0.717, 1.165) is 27.8 Å². The Bertz CT molecular complexity index is 994. The van der Waals surface area contributed by atoms with Crippen LogP contribution in [-0.2, 0) is 11.2 Å². The molecular weight excluding hydrogens is 336 g/mol. The molecule has 0 atom stereocenters. The summed E-state index contributed by atoms with van der Waals surface area (Å²) in [6.07, 6.45) is 0.781. The number of rotatable bonds is 3. The molecule has 4 rings (SSSR count). The summed E-state index contributed by atoms with van der Waals surface area (Å²) in [5.41, 5.74) is 5.09. The molecule has 7 heteroatoms. The van der Waals surface area contributed by atoms with Crippen molar-refractivity contribution in [2.24, 2.45) is 0 Å². The number of nitro groups is 1. The van der Waals surface area contributed by atoms with Crippen molar-refractivity contribution in [2.45, 2.75) is 12.8 Å². The predicted octanol–water partition coefficient (Wildman–Crippen LogP) is 3.42. The smallest absolute Gasteiger partial charge is 0.270 e. The third-order valence-corrected chi connectivity index (χ3v) is 4.82. The molecule has 0 bridgehead atoms. The molecule has 0 radical (unpaired) electrons. The minimum absolute atomic E-state index is 0.0229. The van der Waals surface area contributed by atoms with Crippen LogP contribution in [0.1, 0.15) is 23.1 Å². The number of hydrogen-bond donors (Lipinski definition) is 1. The number of allylic oxidation sites excluding steroid dienone is 1. The summed E-state index contributed by atoms with van der Waals surface area (Å²) >= 11 is 0. The first-order chi connectivity index (χ1) is 12.5. The van der Waals surface area contributed by atoms with E-state index in [9.17, 15) is 14.9 Å². The molecule has 1 aliphatic heterocycles. The van der Waals surface area contributed by atoms with E-state index < -0.39 is 4.92 Å². The highest BCUT2D eigenvalue weighted by molar-refractivity contribution is 6.12. The third kappa shape index (κ3) is 2.40. The third-order valence-electron chi connectivity index (χ3n) is 4.82. The van der Waals surface area contributed by atoms with E-state index in [-0.39, 0.29) is 18.0 Å². The van der Waals surface area contributed by atoms with E-state index in [1.807, 2.05) is 6.07 Å². The van der Waals surface area contributed by atoms with Crippen LogP contribution >= 0.6 is 0 Å². The summed E-state index contributed by atoms with van der Waals surface area (Å²) in [5.74, 6) is 0.931. The summed E-state index contributed by atoms with van der Waals surface area (Å²) in [7, 11) is 3.10. The standard InChI is InChI=1S/C19H16N2O5/c1-25-17-7-15-13-5-10-3-4-11(21(23)24)6-12(10)14(13)8-19(22)20-16(15)9-18(17)26-2/h3-4,6-7,9H,5,8H2,1-2H3,(H,20,22). The largest absolute Gasteiger partial charge is 0.493 e. The van der Waals surface area contributed by atoms with Gasteiger partial charge in [-0.3, -0.25) is 14.9 Å². The zero-order valence-electron chi connectivity index (χ0n) is 14.3. The molecular formula is C19H16N2O5. The molecule has 0 spiro atoms. The Labute approximate surface area is 149 Å². The molecule has 1 aliphatic carbocycles. The molecule has 7 nitrogen and oxygen atoms in total.